The number of hydrogen-bond acceptors (Lipinski definition) is 2. The molecule has 0 aromatic heterocycles. The van der Waals surface area contributed by atoms with E-state index >= 15 is 0 Å². The molecule has 25 heavy (non-hydrogen) atoms. The molecule has 1 unspecified atom stereocenters. The van der Waals surface area contributed by atoms with Crippen LogP contribution in [0.2, 0.25) is 0 Å². The first kappa shape index (κ1) is 15.8. The van der Waals surface area contributed by atoms with Gasteiger partial charge >= 0.3 is 0 Å². The molecule has 0 aliphatic carbocycles. The smallest absolute Gasteiger partial charge is 0.164 e. The van der Waals surface area contributed by atoms with Crippen LogP contribution in [0.4, 0.5) is 0 Å². The summed E-state index contributed by atoms with van der Waals surface area (Å²) < 4.78 is 0. The molecule has 0 N–H and O–H groups in total. The fraction of sp³-hybridized carbons (Fsp3) is 0.174. The largest absolute Gasteiger partial charge is 0.294 e. The van der Waals surface area contributed by atoms with Crippen molar-refractivity contribution < 1.29 is 4.79 Å². The minimum Gasteiger partial charge on any atom is -0.294 e. The number of benzene rings is 3. The van der Waals surface area contributed by atoms with E-state index in [0.717, 1.165) is 18.7 Å². The number of rotatable bonds is 5. The van der Waals surface area contributed by atoms with E-state index in [1.807, 2.05) is 36.4 Å². The number of fused-ring (bicyclic) bond motifs is 1. The van der Waals surface area contributed by atoms with Crippen LogP contribution >= 0.6 is 0 Å². The number of hydrogen-bond donors (Lipinski definition) is 0. The fourth-order valence-corrected chi connectivity index (χ4v) is 3.63. The highest BCUT2D eigenvalue weighted by atomic mass is 16.1. The summed E-state index contributed by atoms with van der Waals surface area (Å²) in [6.07, 6.45) is 0.502. The van der Waals surface area contributed by atoms with Crippen LogP contribution in [-0.4, -0.2) is 10.7 Å². The van der Waals surface area contributed by atoms with Gasteiger partial charge in [-0.2, -0.15) is 0 Å². The fourth-order valence-electron chi connectivity index (χ4n) is 3.63. The van der Waals surface area contributed by atoms with Crippen LogP contribution in [0.5, 0.6) is 0 Å². The number of Topliss-reactive ketones (excluding diaryl/α,β-unsaturated/α-hetero) is 1. The van der Waals surface area contributed by atoms with E-state index in [4.69, 9.17) is 0 Å². The van der Waals surface area contributed by atoms with Gasteiger partial charge < -0.3 is 0 Å². The second kappa shape index (κ2) is 7.04. The van der Waals surface area contributed by atoms with Crippen molar-refractivity contribution in [1.82, 2.24) is 4.90 Å². The van der Waals surface area contributed by atoms with E-state index in [1.165, 1.54) is 16.7 Å². The molecule has 4 rings (SSSR count). The maximum absolute atomic E-state index is 12.8. The minimum atomic E-state index is 0.0984. The Labute approximate surface area is 148 Å². The summed E-state index contributed by atoms with van der Waals surface area (Å²) in [5.41, 5.74) is 4.74. The van der Waals surface area contributed by atoms with E-state index in [-0.39, 0.29) is 11.8 Å². The van der Waals surface area contributed by atoms with Gasteiger partial charge in [0.2, 0.25) is 0 Å². The van der Waals surface area contributed by atoms with E-state index in [1.54, 1.807) is 0 Å². The first-order chi connectivity index (χ1) is 12.3. The summed E-state index contributed by atoms with van der Waals surface area (Å²) in [4.78, 5) is 15.2. The van der Waals surface area contributed by atoms with Gasteiger partial charge in [0.05, 0.1) is 0 Å². The summed E-state index contributed by atoms with van der Waals surface area (Å²) in [6.45, 7) is 1.80. The van der Waals surface area contributed by atoms with E-state index in [9.17, 15) is 4.79 Å². The molecule has 0 fully saturated rings. The maximum Gasteiger partial charge on any atom is 0.164 e. The third-order valence-corrected chi connectivity index (χ3v) is 4.96. The third-order valence-electron chi connectivity index (χ3n) is 4.96. The molecule has 0 amide bonds. The summed E-state index contributed by atoms with van der Waals surface area (Å²) in [5.74, 6) is 0.199. The van der Waals surface area contributed by atoms with Gasteiger partial charge in [-0.05, 0) is 16.7 Å². The molecule has 0 saturated carbocycles. The zero-order chi connectivity index (χ0) is 17.1. The Bertz CT molecular complexity index is 833. The Morgan fingerprint density at radius 2 is 1.28 bits per heavy atom. The van der Waals surface area contributed by atoms with Crippen LogP contribution in [0.3, 0.4) is 0 Å². The monoisotopic (exact) mass is 327 g/mol. The van der Waals surface area contributed by atoms with Crippen molar-refractivity contribution in [3.63, 3.8) is 0 Å². The van der Waals surface area contributed by atoms with Crippen LogP contribution < -0.4 is 0 Å². The van der Waals surface area contributed by atoms with Gasteiger partial charge in [-0.3, -0.25) is 9.69 Å². The Hall–Kier alpha value is -2.71. The van der Waals surface area contributed by atoms with Crippen molar-refractivity contribution in [3.8, 4) is 0 Å². The molecule has 0 bridgehead atoms. The van der Waals surface area contributed by atoms with Gasteiger partial charge in [0.15, 0.2) is 5.78 Å². The molecule has 0 radical (unpaired) electrons. The highest BCUT2D eigenvalue weighted by molar-refractivity contribution is 5.96. The molecule has 1 atom stereocenters. The Morgan fingerprint density at radius 1 is 0.760 bits per heavy atom. The molecule has 0 saturated heterocycles. The lowest BCUT2D eigenvalue weighted by Crippen LogP contribution is -2.25. The van der Waals surface area contributed by atoms with Gasteiger partial charge in [-0.15, -0.1) is 0 Å². The summed E-state index contributed by atoms with van der Waals surface area (Å²) >= 11 is 0. The van der Waals surface area contributed by atoms with Crippen LogP contribution in [0, 0.1) is 0 Å². The lowest BCUT2D eigenvalue weighted by molar-refractivity contribution is 0.0913. The number of ketones is 1. The number of carbonyl (C=O) groups is 1. The van der Waals surface area contributed by atoms with Crippen molar-refractivity contribution in [3.05, 3.63) is 107 Å². The van der Waals surface area contributed by atoms with Crippen LogP contribution in [0.15, 0.2) is 84.9 Å². The molecule has 3 aromatic rings. The van der Waals surface area contributed by atoms with Crippen molar-refractivity contribution >= 4 is 5.78 Å². The Balaban J connectivity index is 1.61. The van der Waals surface area contributed by atoms with Crippen molar-refractivity contribution in [2.75, 3.05) is 0 Å². The van der Waals surface area contributed by atoms with E-state index in [2.05, 4.69) is 53.4 Å². The molecule has 124 valence electrons. The normalized spacial score (nSPS) is 14.9. The zero-order valence-corrected chi connectivity index (χ0v) is 14.1. The van der Waals surface area contributed by atoms with Gasteiger partial charge in [0.25, 0.3) is 0 Å². The molecule has 0 spiro atoms. The lowest BCUT2D eigenvalue weighted by Gasteiger charge is -2.27. The Morgan fingerprint density at radius 3 is 1.88 bits per heavy atom. The van der Waals surface area contributed by atoms with Gasteiger partial charge in [-0.1, -0.05) is 84.9 Å². The number of carbonyl (C=O) groups excluding carboxylic acids is 1. The standard InChI is InChI=1S/C23H21NO/c25-23(19-11-5-2-6-12-19)15-22(18-9-3-1-4-10-18)24-16-20-13-7-8-14-21(20)17-24/h1-14,22H,15-17H2. The molecular weight excluding hydrogens is 306 g/mol. The minimum absolute atomic E-state index is 0.0984. The highest BCUT2D eigenvalue weighted by Gasteiger charge is 2.28. The molecular formula is C23H21NO. The third kappa shape index (κ3) is 3.40. The summed E-state index contributed by atoms with van der Waals surface area (Å²) in [5, 5.41) is 0. The van der Waals surface area contributed by atoms with Gasteiger partial charge in [-0.25, -0.2) is 0 Å². The van der Waals surface area contributed by atoms with Gasteiger partial charge in [0.1, 0.15) is 0 Å². The van der Waals surface area contributed by atoms with Crippen LogP contribution in [0.1, 0.15) is 39.5 Å². The molecule has 3 aromatic carbocycles. The van der Waals surface area contributed by atoms with Crippen molar-refractivity contribution in [2.45, 2.75) is 25.6 Å². The van der Waals surface area contributed by atoms with E-state index in [0.29, 0.717) is 6.42 Å². The quantitative estimate of drug-likeness (QED) is 0.614. The van der Waals surface area contributed by atoms with Crippen molar-refractivity contribution in [2.24, 2.45) is 0 Å². The molecule has 2 nitrogen and oxygen atoms in total. The molecule has 1 aliphatic heterocycles. The van der Waals surface area contributed by atoms with E-state index < -0.39 is 0 Å². The predicted molar refractivity (Wildman–Crippen MR) is 100 cm³/mol. The molecule has 1 heterocycles. The molecule has 1 aliphatic rings. The summed E-state index contributed by atoms with van der Waals surface area (Å²) in [6, 6.07) is 28.7. The Kier molecular flexibility index (Phi) is 4.45. The summed E-state index contributed by atoms with van der Waals surface area (Å²) in [7, 11) is 0. The second-order valence-electron chi connectivity index (χ2n) is 6.59. The topological polar surface area (TPSA) is 20.3 Å². The zero-order valence-electron chi connectivity index (χ0n) is 14.1. The lowest BCUT2D eigenvalue weighted by atomic mass is 9.96. The predicted octanol–water partition coefficient (Wildman–Crippen LogP) is 5.02. The average Bonchev–Trinajstić information content (AvgIpc) is 3.11. The first-order valence-electron chi connectivity index (χ1n) is 8.75. The van der Waals surface area contributed by atoms with Gasteiger partial charge in [0, 0.05) is 31.1 Å². The van der Waals surface area contributed by atoms with Crippen LogP contribution in [-0.2, 0) is 13.1 Å². The maximum atomic E-state index is 12.8. The highest BCUT2D eigenvalue weighted by Crippen LogP contribution is 2.34. The van der Waals surface area contributed by atoms with Crippen LogP contribution in [0.25, 0.3) is 0 Å². The SMILES string of the molecule is O=C(CC(c1ccccc1)N1Cc2ccccc2C1)c1ccccc1. The van der Waals surface area contributed by atoms with Crippen molar-refractivity contribution in [1.29, 1.82) is 0 Å². The molecule has 2 heteroatoms. The first-order valence-corrected chi connectivity index (χ1v) is 8.75. The number of nitrogens with zero attached hydrogens (tertiary/aromatic N) is 1. The average molecular weight is 327 g/mol. The second-order valence-corrected chi connectivity index (χ2v) is 6.59.